The summed E-state index contributed by atoms with van der Waals surface area (Å²) in [4.78, 5) is 1.11. The highest BCUT2D eigenvalue weighted by molar-refractivity contribution is 9.08. The number of thiophene rings is 1. The molecule has 2 aromatic rings. The van der Waals surface area contributed by atoms with Gasteiger partial charge in [-0.15, -0.1) is 11.3 Å². The lowest BCUT2D eigenvalue weighted by Crippen LogP contribution is -2.06. The summed E-state index contributed by atoms with van der Waals surface area (Å²) >= 11 is 4.90. The van der Waals surface area contributed by atoms with Gasteiger partial charge in [0.25, 0.3) is 0 Å². The molecule has 1 aliphatic carbocycles. The van der Waals surface area contributed by atoms with Gasteiger partial charge in [-0.3, -0.25) is 0 Å². The second kappa shape index (κ2) is 4.72. The van der Waals surface area contributed by atoms with Gasteiger partial charge in [0, 0.05) is 22.0 Å². The van der Waals surface area contributed by atoms with Crippen molar-refractivity contribution in [3.63, 3.8) is 0 Å². The Morgan fingerprint density at radius 3 is 2.68 bits per heavy atom. The predicted molar refractivity (Wildman–Crippen MR) is 82.9 cm³/mol. The Balaban J connectivity index is 2.34. The number of fused-ring (bicyclic) bond motifs is 3. The van der Waals surface area contributed by atoms with Gasteiger partial charge in [-0.25, -0.2) is 8.42 Å². The van der Waals surface area contributed by atoms with Gasteiger partial charge < -0.3 is 0 Å². The molecule has 0 atom stereocenters. The summed E-state index contributed by atoms with van der Waals surface area (Å²) in [6, 6.07) is 8.29. The first-order chi connectivity index (χ1) is 9.02. The molecule has 0 bridgehead atoms. The van der Waals surface area contributed by atoms with Crippen LogP contribution in [0.5, 0.6) is 0 Å². The molecule has 3 rings (SSSR count). The van der Waals surface area contributed by atoms with E-state index in [9.17, 15) is 8.42 Å². The SMILES string of the molecule is CS(=O)(=O)c1sc(CBr)c2c1CCc1ccccc1-2. The zero-order chi connectivity index (χ0) is 13.6. The largest absolute Gasteiger partial charge is 0.223 e. The number of hydrogen-bond donors (Lipinski definition) is 0. The smallest absolute Gasteiger partial charge is 0.185 e. The maximum atomic E-state index is 11.9. The van der Waals surface area contributed by atoms with E-state index in [1.54, 1.807) is 0 Å². The zero-order valence-electron chi connectivity index (χ0n) is 10.4. The molecule has 1 aromatic heterocycles. The highest BCUT2D eigenvalue weighted by Gasteiger charge is 2.28. The number of halogens is 1. The van der Waals surface area contributed by atoms with E-state index >= 15 is 0 Å². The van der Waals surface area contributed by atoms with Crippen molar-refractivity contribution in [3.8, 4) is 11.1 Å². The second-order valence-corrected chi connectivity index (χ2v) is 8.61. The Morgan fingerprint density at radius 2 is 2.00 bits per heavy atom. The second-order valence-electron chi connectivity index (χ2n) is 4.73. The molecule has 0 aliphatic heterocycles. The lowest BCUT2D eigenvalue weighted by molar-refractivity contribution is 0.603. The van der Waals surface area contributed by atoms with Crippen LogP contribution in [0.3, 0.4) is 0 Å². The molecular formula is C14H13BrO2S2. The van der Waals surface area contributed by atoms with Crippen LogP contribution in [0.25, 0.3) is 11.1 Å². The third-order valence-electron chi connectivity index (χ3n) is 3.43. The van der Waals surface area contributed by atoms with E-state index in [1.807, 2.05) is 12.1 Å². The van der Waals surface area contributed by atoms with Gasteiger partial charge in [0.1, 0.15) is 4.21 Å². The Morgan fingerprint density at radius 1 is 1.26 bits per heavy atom. The number of hydrogen-bond acceptors (Lipinski definition) is 3. The number of alkyl halides is 1. The third kappa shape index (κ3) is 2.18. The first kappa shape index (κ1) is 13.3. The standard InChI is InChI=1S/C14H13BrO2S2/c1-19(16,17)14-11-7-6-9-4-2-3-5-10(9)13(11)12(8-15)18-14/h2-5H,6-8H2,1H3. The molecule has 1 aliphatic rings. The van der Waals surface area contributed by atoms with Crippen LogP contribution in [0.2, 0.25) is 0 Å². The third-order valence-corrected chi connectivity index (χ3v) is 7.47. The van der Waals surface area contributed by atoms with Crippen LogP contribution in [-0.2, 0) is 28.0 Å². The fourth-order valence-electron chi connectivity index (χ4n) is 2.67. The number of rotatable bonds is 2. The molecule has 2 nitrogen and oxygen atoms in total. The Hall–Kier alpha value is -0.650. The topological polar surface area (TPSA) is 34.1 Å². The quantitative estimate of drug-likeness (QED) is 0.766. The van der Waals surface area contributed by atoms with Gasteiger partial charge in [0.2, 0.25) is 0 Å². The lowest BCUT2D eigenvalue weighted by Gasteiger charge is -2.18. The van der Waals surface area contributed by atoms with Crippen molar-refractivity contribution in [1.29, 1.82) is 0 Å². The molecule has 0 unspecified atom stereocenters. The summed E-state index contributed by atoms with van der Waals surface area (Å²) in [6.07, 6.45) is 3.04. The van der Waals surface area contributed by atoms with Crippen LogP contribution in [-0.4, -0.2) is 14.7 Å². The maximum absolute atomic E-state index is 11.9. The van der Waals surface area contributed by atoms with Gasteiger partial charge in [-0.05, 0) is 29.5 Å². The predicted octanol–water partition coefficient (Wildman–Crippen LogP) is 3.81. The minimum atomic E-state index is -3.14. The first-order valence-electron chi connectivity index (χ1n) is 6.01. The van der Waals surface area contributed by atoms with E-state index in [4.69, 9.17) is 0 Å². The summed E-state index contributed by atoms with van der Waals surface area (Å²) in [5, 5.41) is 0.698. The van der Waals surface area contributed by atoms with E-state index in [2.05, 4.69) is 28.1 Å². The average Bonchev–Trinajstić information content (AvgIpc) is 2.77. The van der Waals surface area contributed by atoms with E-state index in [0.29, 0.717) is 9.54 Å². The Kier molecular flexibility index (Phi) is 3.31. The summed E-state index contributed by atoms with van der Waals surface area (Å²) in [5.74, 6) is 0. The van der Waals surface area contributed by atoms with Crippen molar-refractivity contribution in [1.82, 2.24) is 0 Å². The van der Waals surface area contributed by atoms with Gasteiger partial charge in [0.05, 0.1) is 0 Å². The average molecular weight is 357 g/mol. The highest BCUT2D eigenvalue weighted by Crippen LogP contribution is 2.44. The number of sulfone groups is 1. The van der Waals surface area contributed by atoms with Gasteiger partial charge in [-0.2, -0.15) is 0 Å². The molecule has 0 spiro atoms. The first-order valence-corrected chi connectivity index (χ1v) is 9.84. The maximum Gasteiger partial charge on any atom is 0.185 e. The molecule has 5 heteroatoms. The molecular weight excluding hydrogens is 344 g/mol. The number of aryl methyl sites for hydroxylation is 1. The van der Waals surface area contributed by atoms with Crippen molar-refractivity contribution < 1.29 is 8.42 Å². The lowest BCUT2D eigenvalue weighted by atomic mass is 9.87. The molecule has 0 radical (unpaired) electrons. The normalized spacial score (nSPS) is 14.0. The van der Waals surface area contributed by atoms with Crippen LogP contribution in [0.1, 0.15) is 16.0 Å². The molecule has 0 saturated heterocycles. The molecule has 0 amide bonds. The minimum Gasteiger partial charge on any atom is -0.223 e. The fraction of sp³-hybridized carbons (Fsp3) is 0.286. The number of benzene rings is 1. The van der Waals surface area contributed by atoms with Crippen LogP contribution < -0.4 is 0 Å². The van der Waals surface area contributed by atoms with Gasteiger partial charge in [-0.1, -0.05) is 40.2 Å². The Bertz CT molecular complexity index is 745. The summed E-state index contributed by atoms with van der Waals surface area (Å²) in [6.45, 7) is 0. The van der Waals surface area contributed by atoms with Crippen molar-refractivity contribution >= 4 is 37.1 Å². The summed E-state index contributed by atoms with van der Waals surface area (Å²) in [5.41, 5.74) is 4.67. The van der Waals surface area contributed by atoms with Gasteiger partial charge >= 0.3 is 0 Å². The molecule has 100 valence electrons. The van der Waals surface area contributed by atoms with Crippen LogP contribution in [0, 0.1) is 0 Å². The summed E-state index contributed by atoms with van der Waals surface area (Å²) in [7, 11) is -3.14. The van der Waals surface area contributed by atoms with Crippen LogP contribution in [0.15, 0.2) is 28.5 Å². The minimum absolute atomic E-state index is 0.548. The molecule has 1 heterocycles. The molecule has 0 saturated carbocycles. The van der Waals surface area contributed by atoms with E-state index in [-0.39, 0.29) is 0 Å². The van der Waals surface area contributed by atoms with Crippen molar-refractivity contribution in [2.45, 2.75) is 22.4 Å². The van der Waals surface area contributed by atoms with E-state index in [0.717, 1.165) is 28.8 Å². The van der Waals surface area contributed by atoms with Crippen molar-refractivity contribution in [2.75, 3.05) is 6.26 Å². The molecule has 19 heavy (non-hydrogen) atoms. The molecule has 1 aromatic carbocycles. The molecule has 0 N–H and O–H groups in total. The summed E-state index contributed by atoms with van der Waals surface area (Å²) < 4.78 is 24.4. The fourth-order valence-corrected chi connectivity index (χ4v) is 5.79. The van der Waals surface area contributed by atoms with Crippen molar-refractivity contribution in [2.24, 2.45) is 0 Å². The zero-order valence-corrected chi connectivity index (χ0v) is 13.7. The van der Waals surface area contributed by atoms with Crippen LogP contribution >= 0.6 is 27.3 Å². The monoisotopic (exact) mass is 356 g/mol. The van der Waals surface area contributed by atoms with E-state index in [1.165, 1.54) is 28.7 Å². The van der Waals surface area contributed by atoms with Crippen molar-refractivity contribution in [3.05, 3.63) is 40.3 Å². The van der Waals surface area contributed by atoms with Crippen LogP contribution in [0.4, 0.5) is 0 Å². The van der Waals surface area contributed by atoms with E-state index < -0.39 is 9.84 Å². The molecule has 0 fully saturated rings. The van der Waals surface area contributed by atoms with Gasteiger partial charge in [0.15, 0.2) is 9.84 Å². The Labute approximate surface area is 125 Å². The highest BCUT2D eigenvalue weighted by atomic mass is 79.9.